The summed E-state index contributed by atoms with van der Waals surface area (Å²) in [4.78, 5) is 48.9. The van der Waals surface area contributed by atoms with Crippen LogP contribution in [0.25, 0.3) is 6.08 Å². The summed E-state index contributed by atoms with van der Waals surface area (Å²) in [6.45, 7) is 10.9. The lowest BCUT2D eigenvalue weighted by Crippen LogP contribution is -2.55. The Bertz CT molecular complexity index is 1830. The van der Waals surface area contributed by atoms with Crippen molar-refractivity contribution in [3.63, 3.8) is 0 Å². The standard InChI is InChI=1S/C45H53N5O4/c1-3-30-54-42-20-16-38(17-21-42)32-40(31-37-14-18-41(19-15-37)49-28-26-48(27-29-49)35(2)51)44(52)46-43(33-36-10-6-4-7-11-36)45(53)50-24-22-47(23-25-50)34-39-12-8-5-9-13-39/h4-21,32,43H,3,22-31,33-34H2,1-2H3,(H,46,52). The molecule has 0 saturated carbocycles. The van der Waals surface area contributed by atoms with Gasteiger partial charge in [0.15, 0.2) is 0 Å². The van der Waals surface area contributed by atoms with Crippen LogP contribution in [0.4, 0.5) is 5.69 Å². The van der Waals surface area contributed by atoms with Gasteiger partial charge in [-0.25, -0.2) is 0 Å². The highest BCUT2D eigenvalue weighted by molar-refractivity contribution is 6.01. The second-order valence-electron chi connectivity index (χ2n) is 14.2. The molecule has 6 rings (SSSR count). The van der Waals surface area contributed by atoms with Gasteiger partial charge in [0.05, 0.1) is 6.61 Å². The molecule has 282 valence electrons. The molecule has 0 aromatic heterocycles. The van der Waals surface area contributed by atoms with Gasteiger partial charge in [-0.15, -0.1) is 0 Å². The number of piperazine rings is 2. The Kier molecular flexibility index (Phi) is 13.5. The van der Waals surface area contributed by atoms with Crippen LogP contribution in [0.2, 0.25) is 0 Å². The monoisotopic (exact) mass is 727 g/mol. The molecule has 0 bridgehead atoms. The van der Waals surface area contributed by atoms with Crippen molar-refractivity contribution in [3.8, 4) is 5.75 Å². The van der Waals surface area contributed by atoms with E-state index in [0.29, 0.717) is 51.2 Å². The Morgan fingerprint density at radius 2 is 1.31 bits per heavy atom. The summed E-state index contributed by atoms with van der Waals surface area (Å²) in [6.07, 6.45) is 3.63. The molecule has 9 nitrogen and oxygen atoms in total. The van der Waals surface area contributed by atoms with Gasteiger partial charge in [-0.1, -0.05) is 91.9 Å². The summed E-state index contributed by atoms with van der Waals surface area (Å²) in [5, 5.41) is 3.19. The van der Waals surface area contributed by atoms with E-state index < -0.39 is 6.04 Å². The van der Waals surface area contributed by atoms with Crippen molar-refractivity contribution in [2.45, 2.75) is 45.7 Å². The van der Waals surface area contributed by atoms with E-state index in [9.17, 15) is 14.4 Å². The Balaban J connectivity index is 1.19. The molecule has 2 aliphatic rings. The molecule has 3 amide bonds. The van der Waals surface area contributed by atoms with E-state index in [2.05, 4.69) is 70.6 Å². The fraction of sp³-hybridized carbons (Fsp3) is 0.356. The molecule has 4 aromatic carbocycles. The van der Waals surface area contributed by atoms with Crippen LogP contribution in [0.15, 0.2) is 115 Å². The van der Waals surface area contributed by atoms with Gasteiger partial charge in [0.2, 0.25) is 17.7 Å². The molecule has 0 radical (unpaired) electrons. The molecule has 4 aromatic rings. The average molecular weight is 728 g/mol. The van der Waals surface area contributed by atoms with Crippen molar-refractivity contribution in [2.75, 3.05) is 63.9 Å². The molecule has 54 heavy (non-hydrogen) atoms. The van der Waals surface area contributed by atoms with Crippen LogP contribution in [-0.2, 0) is 33.8 Å². The maximum atomic E-state index is 14.4. The largest absolute Gasteiger partial charge is 0.494 e. The zero-order valence-electron chi connectivity index (χ0n) is 31.7. The van der Waals surface area contributed by atoms with Crippen LogP contribution in [0.1, 0.15) is 42.5 Å². The topological polar surface area (TPSA) is 85.4 Å². The third-order valence-electron chi connectivity index (χ3n) is 10.2. The average Bonchev–Trinajstić information content (AvgIpc) is 3.21. The van der Waals surface area contributed by atoms with Crippen molar-refractivity contribution in [3.05, 3.63) is 137 Å². The Morgan fingerprint density at radius 1 is 0.704 bits per heavy atom. The maximum Gasteiger partial charge on any atom is 0.248 e. The molecule has 1 N–H and O–H groups in total. The molecule has 2 heterocycles. The Hall–Kier alpha value is -5.41. The second kappa shape index (κ2) is 19.1. The number of nitrogens with one attached hydrogen (secondary N) is 1. The highest BCUT2D eigenvalue weighted by Gasteiger charge is 2.30. The van der Waals surface area contributed by atoms with Crippen LogP contribution in [-0.4, -0.2) is 97.4 Å². The smallest absolute Gasteiger partial charge is 0.248 e. The number of rotatable bonds is 14. The van der Waals surface area contributed by atoms with Gasteiger partial charge < -0.3 is 24.8 Å². The molecule has 0 aliphatic carbocycles. The molecule has 1 atom stereocenters. The summed E-state index contributed by atoms with van der Waals surface area (Å²) in [5.74, 6) is 0.581. The molecule has 0 spiro atoms. The van der Waals surface area contributed by atoms with Crippen LogP contribution in [0.5, 0.6) is 5.75 Å². The lowest BCUT2D eigenvalue weighted by molar-refractivity contribution is -0.137. The van der Waals surface area contributed by atoms with Gasteiger partial charge in [0, 0.05) is 89.9 Å². The molecule has 2 aliphatic heterocycles. The van der Waals surface area contributed by atoms with Crippen molar-refractivity contribution in [1.82, 2.24) is 20.0 Å². The van der Waals surface area contributed by atoms with Crippen molar-refractivity contribution in [2.24, 2.45) is 0 Å². The zero-order valence-corrected chi connectivity index (χ0v) is 31.7. The Morgan fingerprint density at radius 3 is 1.93 bits per heavy atom. The third-order valence-corrected chi connectivity index (χ3v) is 10.2. The number of hydrogen-bond donors (Lipinski definition) is 1. The quantitative estimate of drug-likeness (QED) is 0.165. The molecule has 2 saturated heterocycles. The fourth-order valence-corrected chi connectivity index (χ4v) is 7.09. The SMILES string of the molecule is CCCOc1ccc(C=C(Cc2ccc(N3CCN(C(C)=O)CC3)cc2)C(=O)NC(Cc2ccccc2)C(=O)N2CCN(Cc3ccccc3)CC2)cc1. The van der Waals surface area contributed by atoms with E-state index in [0.717, 1.165) is 67.3 Å². The minimum absolute atomic E-state index is 0.0578. The van der Waals surface area contributed by atoms with Crippen molar-refractivity contribution < 1.29 is 19.1 Å². The molecule has 9 heteroatoms. The van der Waals surface area contributed by atoms with Crippen LogP contribution in [0, 0.1) is 0 Å². The zero-order chi connectivity index (χ0) is 37.7. The number of anilines is 1. The number of nitrogens with zero attached hydrogens (tertiary/aromatic N) is 4. The number of carbonyl (C=O) groups is 3. The highest BCUT2D eigenvalue weighted by atomic mass is 16.5. The summed E-state index contributed by atoms with van der Waals surface area (Å²) in [6, 6.07) is 35.7. The number of ether oxygens (including phenoxy) is 1. The van der Waals surface area contributed by atoms with Gasteiger partial charge in [0.25, 0.3) is 0 Å². The van der Waals surface area contributed by atoms with Crippen molar-refractivity contribution in [1.29, 1.82) is 0 Å². The van der Waals surface area contributed by atoms with Gasteiger partial charge in [-0.05, 0) is 59.0 Å². The number of amides is 3. The van der Waals surface area contributed by atoms with Crippen LogP contribution in [0.3, 0.4) is 0 Å². The Labute approximate surface area is 320 Å². The van der Waals surface area contributed by atoms with E-state index in [1.807, 2.05) is 76.5 Å². The predicted octanol–water partition coefficient (Wildman–Crippen LogP) is 5.84. The minimum Gasteiger partial charge on any atom is -0.494 e. The summed E-state index contributed by atoms with van der Waals surface area (Å²) in [7, 11) is 0. The molecular weight excluding hydrogens is 675 g/mol. The first-order valence-corrected chi connectivity index (χ1v) is 19.3. The van der Waals surface area contributed by atoms with E-state index in [1.165, 1.54) is 5.56 Å². The van der Waals surface area contributed by atoms with Gasteiger partial charge in [-0.3, -0.25) is 19.3 Å². The first-order chi connectivity index (χ1) is 26.3. The lowest BCUT2D eigenvalue weighted by atomic mass is 9.99. The second-order valence-corrected chi connectivity index (χ2v) is 14.2. The summed E-state index contributed by atoms with van der Waals surface area (Å²) in [5.41, 5.74) is 5.79. The van der Waals surface area contributed by atoms with E-state index in [1.54, 1.807) is 6.92 Å². The summed E-state index contributed by atoms with van der Waals surface area (Å²) >= 11 is 0. The van der Waals surface area contributed by atoms with Crippen LogP contribution >= 0.6 is 0 Å². The van der Waals surface area contributed by atoms with E-state index >= 15 is 0 Å². The van der Waals surface area contributed by atoms with E-state index in [4.69, 9.17) is 4.74 Å². The maximum absolute atomic E-state index is 14.4. The number of carbonyl (C=O) groups excluding carboxylic acids is 3. The normalized spacial score (nSPS) is 15.8. The third kappa shape index (κ3) is 10.8. The highest BCUT2D eigenvalue weighted by Crippen LogP contribution is 2.22. The van der Waals surface area contributed by atoms with Crippen molar-refractivity contribution >= 4 is 29.5 Å². The number of benzene rings is 4. The lowest BCUT2D eigenvalue weighted by Gasteiger charge is -2.36. The molecule has 2 fully saturated rings. The van der Waals surface area contributed by atoms with Gasteiger partial charge in [-0.2, -0.15) is 0 Å². The summed E-state index contributed by atoms with van der Waals surface area (Å²) < 4.78 is 5.80. The minimum atomic E-state index is -0.718. The molecule has 1 unspecified atom stereocenters. The fourth-order valence-electron chi connectivity index (χ4n) is 7.09. The molecular formula is C45H53N5O4. The van der Waals surface area contributed by atoms with Gasteiger partial charge in [0.1, 0.15) is 11.8 Å². The van der Waals surface area contributed by atoms with E-state index in [-0.39, 0.29) is 17.7 Å². The first-order valence-electron chi connectivity index (χ1n) is 19.3. The first kappa shape index (κ1) is 38.3. The van der Waals surface area contributed by atoms with Gasteiger partial charge >= 0.3 is 0 Å². The predicted molar refractivity (Wildman–Crippen MR) is 215 cm³/mol. The number of hydrogen-bond acceptors (Lipinski definition) is 6. The van der Waals surface area contributed by atoms with Crippen LogP contribution < -0.4 is 15.0 Å².